The second-order valence-corrected chi connectivity index (χ2v) is 4.58. The zero-order chi connectivity index (χ0) is 9.76. The van der Waals surface area contributed by atoms with Crippen LogP contribution in [0, 0.1) is 5.41 Å². The van der Waals surface area contributed by atoms with Crippen molar-refractivity contribution >= 4 is 0 Å². The van der Waals surface area contributed by atoms with Gasteiger partial charge in [-0.3, -0.25) is 0 Å². The van der Waals surface area contributed by atoms with Gasteiger partial charge in [0.05, 0.1) is 7.11 Å². The van der Waals surface area contributed by atoms with E-state index in [2.05, 4.69) is 12.1 Å². The molecule has 0 bridgehead atoms. The lowest BCUT2D eigenvalue weighted by Gasteiger charge is -2.13. The number of hydrogen-bond acceptors (Lipinski definition) is 2. The molecule has 0 heterocycles. The van der Waals surface area contributed by atoms with Crippen LogP contribution in [-0.2, 0) is 6.42 Å². The lowest BCUT2D eigenvalue weighted by atomic mass is 9.99. The van der Waals surface area contributed by atoms with Crippen LogP contribution in [0.3, 0.4) is 0 Å². The zero-order valence-electron chi connectivity index (χ0n) is 8.42. The maximum Gasteiger partial charge on any atom is 0.119 e. The summed E-state index contributed by atoms with van der Waals surface area (Å²) in [5.74, 6) is 0.928. The molecule has 0 aliphatic heterocycles. The molecule has 0 radical (unpaired) electrons. The van der Waals surface area contributed by atoms with Crippen LogP contribution in [0.4, 0.5) is 0 Å². The van der Waals surface area contributed by atoms with E-state index < -0.39 is 0 Å². The van der Waals surface area contributed by atoms with Crippen molar-refractivity contribution in [2.45, 2.75) is 25.3 Å². The molecule has 1 fully saturated rings. The van der Waals surface area contributed by atoms with Crippen LogP contribution in [-0.4, -0.2) is 7.11 Å². The maximum atomic E-state index is 6.25. The van der Waals surface area contributed by atoms with Gasteiger partial charge in [0.25, 0.3) is 0 Å². The van der Waals surface area contributed by atoms with Crippen molar-refractivity contribution in [2.75, 3.05) is 7.11 Å². The van der Waals surface area contributed by atoms with E-state index in [0.29, 0.717) is 5.41 Å². The smallest absolute Gasteiger partial charge is 0.119 e. The van der Waals surface area contributed by atoms with E-state index in [1.807, 2.05) is 6.07 Å². The Morgan fingerprint density at radius 3 is 2.86 bits per heavy atom. The van der Waals surface area contributed by atoms with Gasteiger partial charge in [-0.2, -0.15) is 0 Å². The number of hydrogen-bond donors (Lipinski definition) is 1. The van der Waals surface area contributed by atoms with E-state index in [4.69, 9.17) is 10.5 Å². The largest absolute Gasteiger partial charge is 0.497 e. The fourth-order valence-electron chi connectivity index (χ4n) is 2.62. The van der Waals surface area contributed by atoms with Crippen LogP contribution in [0.2, 0.25) is 0 Å². The second-order valence-electron chi connectivity index (χ2n) is 4.58. The Labute approximate surface area is 84.1 Å². The first-order valence-corrected chi connectivity index (χ1v) is 5.18. The van der Waals surface area contributed by atoms with E-state index in [9.17, 15) is 0 Å². The maximum absolute atomic E-state index is 6.25. The molecule has 2 nitrogen and oxygen atoms in total. The molecule has 2 heteroatoms. The topological polar surface area (TPSA) is 35.2 Å². The number of ether oxygens (including phenoxy) is 1. The minimum Gasteiger partial charge on any atom is -0.497 e. The predicted molar refractivity (Wildman–Crippen MR) is 55.3 cm³/mol. The van der Waals surface area contributed by atoms with Crippen molar-refractivity contribution < 1.29 is 4.74 Å². The first kappa shape index (κ1) is 8.30. The summed E-state index contributed by atoms with van der Waals surface area (Å²) in [5, 5.41) is 0. The number of fused-ring (bicyclic) bond motifs is 1. The highest BCUT2D eigenvalue weighted by molar-refractivity contribution is 5.44. The minimum atomic E-state index is 0.243. The molecule has 2 aliphatic carbocycles. The second kappa shape index (κ2) is 2.51. The SMILES string of the molecule is COc1ccc2c(c1)C(N)C1(CC1)C2. The van der Waals surface area contributed by atoms with Crippen molar-refractivity contribution in [1.29, 1.82) is 0 Å². The summed E-state index contributed by atoms with van der Waals surface area (Å²) in [4.78, 5) is 0. The Bertz CT molecular complexity index is 382. The molecule has 0 saturated heterocycles. The van der Waals surface area contributed by atoms with Crippen LogP contribution >= 0.6 is 0 Å². The van der Waals surface area contributed by atoms with E-state index in [1.165, 1.54) is 30.4 Å². The molecule has 1 unspecified atom stereocenters. The average Bonchev–Trinajstić information content (AvgIpc) is 2.92. The fourth-order valence-corrected chi connectivity index (χ4v) is 2.62. The summed E-state index contributed by atoms with van der Waals surface area (Å²) in [7, 11) is 1.70. The monoisotopic (exact) mass is 189 g/mol. The van der Waals surface area contributed by atoms with Gasteiger partial charge in [-0.25, -0.2) is 0 Å². The normalized spacial score (nSPS) is 26.3. The molecule has 2 aliphatic rings. The van der Waals surface area contributed by atoms with E-state index >= 15 is 0 Å². The Balaban J connectivity index is 2.06. The molecule has 0 aromatic heterocycles. The third-order valence-electron chi connectivity index (χ3n) is 3.78. The van der Waals surface area contributed by atoms with Gasteiger partial charge in [0.2, 0.25) is 0 Å². The Kier molecular flexibility index (Phi) is 1.49. The lowest BCUT2D eigenvalue weighted by molar-refractivity contribution is 0.412. The highest BCUT2D eigenvalue weighted by Crippen LogP contribution is 2.61. The molecule has 1 saturated carbocycles. The molecule has 14 heavy (non-hydrogen) atoms. The summed E-state index contributed by atoms with van der Waals surface area (Å²) < 4.78 is 5.22. The van der Waals surface area contributed by atoms with Crippen molar-refractivity contribution in [2.24, 2.45) is 11.1 Å². The van der Waals surface area contributed by atoms with Gasteiger partial charge in [-0.15, -0.1) is 0 Å². The number of rotatable bonds is 1. The summed E-state index contributed by atoms with van der Waals surface area (Å²) in [6.07, 6.45) is 3.77. The van der Waals surface area contributed by atoms with E-state index in [0.717, 1.165) is 5.75 Å². The number of benzene rings is 1. The van der Waals surface area contributed by atoms with E-state index in [-0.39, 0.29) is 6.04 Å². The van der Waals surface area contributed by atoms with Gasteiger partial charge in [-0.05, 0) is 47.9 Å². The van der Waals surface area contributed by atoms with Crippen LogP contribution in [0.15, 0.2) is 18.2 Å². The quantitative estimate of drug-likeness (QED) is 0.733. The Morgan fingerprint density at radius 1 is 1.43 bits per heavy atom. The molecular formula is C12H15NO. The minimum absolute atomic E-state index is 0.243. The molecular weight excluding hydrogens is 174 g/mol. The molecule has 74 valence electrons. The highest BCUT2D eigenvalue weighted by Gasteiger charge is 2.52. The summed E-state index contributed by atoms with van der Waals surface area (Å²) >= 11 is 0. The molecule has 1 spiro atoms. The van der Waals surface area contributed by atoms with Crippen molar-refractivity contribution in [1.82, 2.24) is 0 Å². The highest BCUT2D eigenvalue weighted by atomic mass is 16.5. The first-order chi connectivity index (χ1) is 6.75. The van der Waals surface area contributed by atoms with Crippen LogP contribution in [0.1, 0.15) is 30.0 Å². The summed E-state index contributed by atoms with van der Waals surface area (Å²) in [6.45, 7) is 0. The molecule has 3 rings (SSSR count). The first-order valence-electron chi connectivity index (χ1n) is 5.18. The average molecular weight is 189 g/mol. The molecule has 1 aromatic rings. The predicted octanol–water partition coefficient (Wildman–Crippen LogP) is 2.03. The third-order valence-corrected chi connectivity index (χ3v) is 3.78. The standard InChI is InChI=1S/C12H15NO/c1-14-9-3-2-8-7-12(4-5-12)11(13)10(8)6-9/h2-3,6,11H,4-5,7,13H2,1H3. The third kappa shape index (κ3) is 0.947. The van der Waals surface area contributed by atoms with Crippen molar-refractivity contribution in [3.8, 4) is 5.75 Å². The van der Waals surface area contributed by atoms with Crippen molar-refractivity contribution in [3.05, 3.63) is 29.3 Å². The molecule has 1 atom stereocenters. The van der Waals surface area contributed by atoms with Crippen LogP contribution < -0.4 is 10.5 Å². The van der Waals surface area contributed by atoms with Gasteiger partial charge in [0, 0.05) is 6.04 Å². The van der Waals surface area contributed by atoms with Gasteiger partial charge in [-0.1, -0.05) is 6.07 Å². The Hall–Kier alpha value is -1.02. The molecule has 2 N–H and O–H groups in total. The van der Waals surface area contributed by atoms with E-state index in [1.54, 1.807) is 7.11 Å². The van der Waals surface area contributed by atoms with Crippen molar-refractivity contribution in [3.63, 3.8) is 0 Å². The summed E-state index contributed by atoms with van der Waals surface area (Å²) in [5.41, 5.74) is 9.41. The van der Waals surface area contributed by atoms with Gasteiger partial charge >= 0.3 is 0 Å². The summed E-state index contributed by atoms with van der Waals surface area (Å²) in [6, 6.07) is 6.55. The Morgan fingerprint density at radius 2 is 2.21 bits per heavy atom. The zero-order valence-corrected chi connectivity index (χ0v) is 8.42. The molecule has 0 amide bonds. The van der Waals surface area contributed by atoms with Crippen LogP contribution in [0.25, 0.3) is 0 Å². The lowest BCUT2D eigenvalue weighted by Crippen LogP contribution is -2.17. The number of methoxy groups -OCH3 is 1. The number of nitrogens with two attached hydrogens (primary N) is 1. The van der Waals surface area contributed by atoms with Gasteiger partial charge in [0.1, 0.15) is 5.75 Å². The fraction of sp³-hybridized carbons (Fsp3) is 0.500. The van der Waals surface area contributed by atoms with Gasteiger partial charge in [0.15, 0.2) is 0 Å². The van der Waals surface area contributed by atoms with Crippen LogP contribution in [0.5, 0.6) is 5.75 Å². The van der Waals surface area contributed by atoms with Gasteiger partial charge < -0.3 is 10.5 Å². The molecule has 1 aromatic carbocycles.